The Labute approximate surface area is 99.7 Å². The van der Waals surface area contributed by atoms with Crippen LogP contribution in [0.4, 0.5) is 5.69 Å². The second-order valence-electron chi connectivity index (χ2n) is 4.26. The van der Waals surface area contributed by atoms with Crippen molar-refractivity contribution in [2.75, 3.05) is 25.0 Å². The van der Waals surface area contributed by atoms with E-state index in [0.29, 0.717) is 6.04 Å². The van der Waals surface area contributed by atoms with Gasteiger partial charge in [-0.25, -0.2) is 0 Å². The molecular formula is C14H24N2. The number of hydrogen-bond acceptors (Lipinski definition) is 2. The van der Waals surface area contributed by atoms with Crippen molar-refractivity contribution in [1.82, 2.24) is 5.32 Å². The maximum absolute atomic E-state index is 3.47. The Hall–Kier alpha value is -1.02. The summed E-state index contributed by atoms with van der Waals surface area (Å²) in [5.41, 5.74) is 2.73. The molecule has 1 atom stereocenters. The van der Waals surface area contributed by atoms with Crippen LogP contribution in [0.25, 0.3) is 0 Å². The number of anilines is 1. The van der Waals surface area contributed by atoms with E-state index in [1.54, 1.807) is 0 Å². The average molecular weight is 220 g/mol. The Bertz CT molecular complexity index is 278. The Balaban J connectivity index is 2.90. The molecule has 1 aromatic carbocycles. The molecule has 0 saturated carbocycles. The third-order valence-electron chi connectivity index (χ3n) is 2.88. The molecule has 1 unspecified atom stereocenters. The summed E-state index contributed by atoms with van der Waals surface area (Å²) in [4.78, 5) is 2.34. The second-order valence-corrected chi connectivity index (χ2v) is 4.26. The van der Waals surface area contributed by atoms with Crippen LogP contribution in [0.3, 0.4) is 0 Å². The lowest BCUT2D eigenvalue weighted by Gasteiger charge is -2.25. The van der Waals surface area contributed by atoms with Crippen molar-refractivity contribution < 1.29 is 0 Å². The van der Waals surface area contributed by atoms with E-state index < -0.39 is 0 Å². The minimum atomic E-state index is 0.417. The highest BCUT2D eigenvalue weighted by atomic mass is 15.1. The number of benzene rings is 1. The summed E-state index contributed by atoms with van der Waals surface area (Å²) < 4.78 is 0. The van der Waals surface area contributed by atoms with Gasteiger partial charge in [0.15, 0.2) is 0 Å². The van der Waals surface area contributed by atoms with Gasteiger partial charge in [0, 0.05) is 25.3 Å². The number of nitrogens with zero attached hydrogens (tertiary/aromatic N) is 1. The van der Waals surface area contributed by atoms with E-state index in [0.717, 1.165) is 13.1 Å². The molecule has 2 nitrogen and oxygen atoms in total. The molecule has 1 rings (SSSR count). The predicted octanol–water partition coefficient (Wildman–Crippen LogP) is 3.20. The van der Waals surface area contributed by atoms with Crippen molar-refractivity contribution in [1.29, 1.82) is 0 Å². The molecule has 0 aliphatic rings. The molecule has 90 valence electrons. The van der Waals surface area contributed by atoms with Gasteiger partial charge in [-0.2, -0.15) is 0 Å². The first-order chi connectivity index (χ1) is 7.70. The molecule has 0 fully saturated rings. The van der Waals surface area contributed by atoms with Crippen molar-refractivity contribution in [2.45, 2.75) is 33.2 Å². The molecule has 0 aliphatic heterocycles. The van der Waals surface area contributed by atoms with Gasteiger partial charge in [0.25, 0.3) is 0 Å². The average Bonchev–Trinajstić information content (AvgIpc) is 2.30. The number of hydrogen-bond donors (Lipinski definition) is 1. The van der Waals surface area contributed by atoms with Gasteiger partial charge in [-0.15, -0.1) is 0 Å². The molecule has 16 heavy (non-hydrogen) atoms. The first kappa shape index (κ1) is 13.0. The summed E-state index contributed by atoms with van der Waals surface area (Å²) in [5, 5.41) is 3.47. The van der Waals surface area contributed by atoms with Gasteiger partial charge in [0.2, 0.25) is 0 Å². The van der Waals surface area contributed by atoms with Crippen molar-refractivity contribution >= 4 is 5.69 Å². The fraction of sp³-hybridized carbons (Fsp3) is 0.571. The summed E-state index contributed by atoms with van der Waals surface area (Å²) in [5.74, 6) is 0. The summed E-state index contributed by atoms with van der Waals surface area (Å²) in [6, 6.07) is 9.07. The number of rotatable bonds is 6. The Morgan fingerprint density at radius 3 is 2.56 bits per heavy atom. The molecule has 0 aliphatic carbocycles. The van der Waals surface area contributed by atoms with E-state index in [4.69, 9.17) is 0 Å². The fourth-order valence-corrected chi connectivity index (χ4v) is 2.07. The molecule has 0 spiro atoms. The van der Waals surface area contributed by atoms with E-state index >= 15 is 0 Å². The third kappa shape index (κ3) is 3.24. The zero-order valence-electron chi connectivity index (χ0n) is 11.0. The SMILES string of the molecule is CCCN(C)c1ccccc1C(C)NCC. The number of nitrogens with one attached hydrogen (secondary N) is 1. The Kier molecular flexibility index (Phi) is 5.33. The molecule has 2 heteroatoms. The zero-order chi connectivity index (χ0) is 12.0. The van der Waals surface area contributed by atoms with Gasteiger partial charge in [0.05, 0.1) is 0 Å². The lowest BCUT2D eigenvalue weighted by Crippen LogP contribution is -2.23. The van der Waals surface area contributed by atoms with Crippen LogP contribution in [0.2, 0.25) is 0 Å². The van der Waals surface area contributed by atoms with Crippen molar-refractivity contribution in [2.24, 2.45) is 0 Å². The molecular weight excluding hydrogens is 196 g/mol. The zero-order valence-corrected chi connectivity index (χ0v) is 11.0. The first-order valence-corrected chi connectivity index (χ1v) is 6.24. The van der Waals surface area contributed by atoms with Crippen LogP contribution < -0.4 is 10.2 Å². The van der Waals surface area contributed by atoms with Crippen LogP contribution in [0.1, 0.15) is 38.8 Å². The maximum atomic E-state index is 3.47. The summed E-state index contributed by atoms with van der Waals surface area (Å²) in [6.45, 7) is 8.70. The van der Waals surface area contributed by atoms with Crippen LogP contribution >= 0.6 is 0 Å². The van der Waals surface area contributed by atoms with Gasteiger partial charge in [-0.1, -0.05) is 32.0 Å². The summed E-state index contributed by atoms with van der Waals surface area (Å²) >= 11 is 0. The van der Waals surface area contributed by atoms with E-state index in [-0.39, 0.29) is 0 Å². The topological polar surface area (TPSA) is 15.3 Å². The molecule has 0 bridgehead atoms. The number of para-hydroxylation sites is 1. The first-order valence-electron chi connectivity index (χ1n) is 6.24. The van der Waals surface area contributed by atoms with E-state index in [1.165, 1.54) is 17.7 Å². The van der Waals surface area contributed by atoms with Crippen molar-refractivity contribution in [3.63, 3.8) is 0 Å². The third-order valence-corrected chi connectivity index (χ3v) is 2.88. The van der Waals surface area contributed by atoms with Crippen LogP contribution in [0.5, 0.6) is 0 Å². The Morgan fingerprint density at radius 1 is 1.25 bits per heavy atom. The van der Waals surface area contributed by atoms with Gasteiger partial charge in [0.1, 0.15) is 0 Å². The largest absolute Gasteiger partial charge is 0.374 e. The van der Waals surface area contributed by atoms with Crippen LogP contribution in [-0.4, -0.2) is 20.1 Å². The van der Waals surface area contributed by atoms with Gasteiger partial charge >= 0.3 is 0 Å². The summed E-state index contributed by atoms with van der Waals surface area (Å²) in [7, 11) is 2.17. The lowest BCUT2D eigenvalue weighted by molar-refractivity contribution is 0.596. The second kappa shape index (κ2) is 6.54. The van der Waals surface area contributed by atoms with E-state index in [9.17, 15) is 0 Å². The highest BCUT2D eigenvalue weighted by Crippen LogP contribution is 2.25. The molecule has 0 radical (unpaired) electrons. The van der Waals surface area contributed by atoms with Crippen LogP contribution in [0.15, 0.2) is 24.3 Å². The molecule has 0 aromatic heterocycles. The standard InChI is InChI=1S/C14H24N2/c1-5-11-16(4)14-10-8-7-9-13(14)12(3)15-6-2/h7-10,12,15H,5-6,11H2,1-4H3. The highest BCUT2D eigenvalue weighted by molar-refractivity contribution is 5.54. The molecule has 0 saturated heterocycles. The van der Waals surface area contributed by atoms with E-state index in [2.05, 4.69) is 62.3 Å². The molecule has 1 N–H and O–H groups in total. The minimum absolute atomic E-state index is 0.417. The normalized spacial score (nSPS) is 12.5. The van der Waals surface area contributed by atoms with Crippen LogP contribution in [0, 0.1) is 0 Å². The fourth-order valence-electron chi connectivity index (χ4n) is 2.07. The molecule has 0 amide bonds. The van der Waals surface area contributed by atoms with E-state index in [1.807, 2.05) is 0 Å². The smallest absolute Gasteiger partial charge is 0.0412 e. The van der Waals surface area contributed by atoms with Crippen molar-refractivity contribution in [3.05, 3.63) is 29.8 Å². The van der Waals surface area contributed by atoms with Gasteiger partial charge in [-0.3, -0.25) is 0 Å². The molecule has 1 aromatic rings. The highest BCUT2D eigenvalue weighted by Gasteiger charge is 2.11. The Morgan fingerprint density at radius 2 is 1.94 bits per heavy atom. The van der Waals surface area contributed by atoms with Crippen molar-refractivity contribution in [3.8, 4) is 0 Å². The molecule has 0 heterocycles. The quantitative estimate of drug-likeness (QED) is 0.792. The lowest BCUT2D eigenvalue weighted by atomic mass is 10.1. The van der Waals surface area contributed by atoms with Gasteiger partial charge < -0.3 is 10.2 Å². The summed E-state index contributed by atoms with van der Waals surface area (Å²) in [6.07, 6.45) is 1.18. The van der Waals surface area contributed by atoms with Crippen LogP contribution in [-0.2, 0) is 0 Å². The van der Waals surface area contributed by atoms with Gasteiger partial charge in [-0.05, 0) is 31.5 Å². The monoisotopic (exact) mass is 220 g/mol. The minimum Gasteiger partial charge on any atom is -0.374 e. The maximum Gasteiger partial charge on any atom is 0.0412 e. The predicted molar refractivity (Wildman–Crippen MR) is 72.1 cm³/mol.